The quantitative estimate of drug-likeness (QED) is 0.743. The molecule has 0 amide bonds. The van der Waals surface area contributed by atoms with Crippen LogP contribution in [0.2, 0.25) is 0 Å². The van der Waals surface area contributed by atoms with Crippen LogP contribution in [0, 0.1) is 0 Å². The molecule has 2 aromatic carbocycles. The van der Waals surface area contributed by atoms with Crippen molar-refractivity contribution in [2.45, 2.75) is 0 Å². The molecule has 1 aromatic heterocycles. The summed E-state index contributed by atoms with van der Waals surface area (Å²) in [5.74, 6) is 2.11. The molecule has 0 radical (unpaired) electrons. The van der Waals surface area contributed by atoms with E-state index in [1.807, 2.05) is 6.07 Å². The van der Waals surface area contributed by atoms with Crippen LogP contribution in [0.3, 0.4) is 0 Å². The molecule has 0 bridgehead atoms. The molecule has 0 aliphatic carbocycles. The van der Waals surface area contributed by atoms with Crippen LogP contribution < -0.4 is 19.5 Å². The van der Waals surface area contributed by atoms with E-state index in [-0.39, 0.29) is 0 Å². The van der Waals surface area contributed by atoms with E-state index in [2.05, 4.69) is 69.4 Å². The monoisotopic (exact) mass is 320 g/mol. The Balaban J connectivity index is 1.48. The summed E-state index contributed by atoms with van der Waals surface area (Å²) >= 11 is 0. The molecule has 2 heterocycles. The number of nitrogens with zero attached hydrogens (tertiary/aromatic N) is 2. The molecule has 1 fully saturated rings. The van der Waals surface area contributed by atoms with E-state index in [0.29, 0.717) is 0 Å². The second-order valence-corrected chi connectivity index (χ2v) is 6.11. The van der Waals surface area contributed by atoms with E-state index >= 15 is 0 Å². The minimum Gasteiger partial charge on any atom is -0.497 e. The van der Waals surface area contributed by atoms with E-state index < -0.39 is 0 Å². The molecule has 0 unspecified atom stereocenters. The predicted octanol–water partition coefficient (Wildman–Crippen LogP) is 2.99. The van der Waals surface area contributed by atoms with Crippen LogP contribution in [-0.4, -0.2) is 33.3 Å². The lowest BCUT2D eigenvalue weighted by Gasteiger charge is -2.32. The van der Waals surface area contributed by atoms with Crippen LogP contribution in [0.1, 0.15) is 0 Å². The average molecular weight is 320 g/mol. The Morgan fingerprint density at radius 2 is 1.62 bits per heavy atom. The second-order valence-electron chi connectivity index (χ2n) is 6.11. The first-order valence-corrected chi connectivity index (χ1v) is 8.38. The van der Waals surface area contributed by atoms with E-state index in [9.17, 15) is 0 Å². The fourth-order valence-corrected chi connectivity index (χ4v) is 3.30. The van der Waals surface area contributed by atoms with Crippen molar-refractivity contribution in [1.29, 1.82) is 0 Å². The normalized spacial score (nSPS) is 14.9. The van der Waals surface area contributed by atoms with Gasteiger partial charge in [0.25, 0.3) is 5.82 Å². The molecule has 122 valence electrons. The molecule has 1 N–H and O–H groups in total. The number of aromatic nitrogens is 1. The highest BCUT2D eigenvalue weighted by Gasteiger charge is 2.23. The zero-order chi connectivity index (χ0) is 16.4. The van der Waals surface area contributed by atoms with Crippen molar-refractivity contribution in [2.75, 3.05) is 43.1 Å². The Morgan fingerprint density at radius 3 is 2.46 bits per heavy atom. The summed E-state index contributed by atoms with van der Waals surface area (Å²) in [6.07, 6.45) is 0. The van der Waals surface area contributed by atoms with Crippen molar-refractivity contribution in [2.24, 2.45) is 0 Å². The van der Waals surface area contributed by atoms with Gasteiger partial charge in [-0.15, -0.1) is 0 Å². The van der Waals surface area contributed by atoms with Crippen LogP contribution in [-0.2, 0) is 0 Å². The number of methoxy groups -OCH3 is 1. The molecule has 4 rings (SSSR count). The molecule has 24 heavy (non-hydrogen) atoms. The van der Waals surface area contributed by atoms with E-state index in [1.54, 1.807) is 7.11 Å². The predicted molar refractivity (Wildman–Crippen MR) is 97.9 cm³/mol. The standard InChI is InChI=1S/C20H21N3O/c1-24-18-7-4-6-17(15-18)22-11-13-23(14-12-22)20-10-9-16-5-2-3-8-19(16)21-20/h2-10,15H,11-14H2,1H3/p+1. The minimum atomic E-state index is 0.915. The number of anilines is 2. The molecule has 4 nitrogen and oxygen atoms in total. The van der Waals surface area contributed by atoms with Crippen molar-refractivity contribution < 1.29 is 9.72 Å². The van der Waals surface area contributed by atoms with E-state index in [1.165, 1.54) is 22.4 Å². The van der Waals surface area contributed by atoms with Crippen molar-refractivity contribution in [1.82, 2.24) is 0 Å². The molecule has 1 aliphatic rings. The maximum Gasteiger partial charge on any atom is 0.274 e. The zero-order valence-electron chi connectivity index (χ0n) is 13.9. The van der Waals surface area contributed by atoms with Crippen LogP contribution in [0.15, 0.2) is 60.7 Å². The number of para-hydroxylation sites is 1. The van der Waals surface area contributed by atoms with Crippen LogP contribution >= 0.6 is 0 Å². The Labute approximate surface area is 142 Å². The number of H-pyrrole nitrogens is 1. The Bertz CT molecular complexity index is 841. The number of hydrogen-bond acceptors (Lipinski definition) is 3. The Kier molecular flexibility index (Phi) is 3.95. The molecule has 0 spiro atoms. The van der Waals surface area contributed by atoms with Gasteiger partial charge >= 0.3 is 0 Å². The average Bonchev–Trinajstić information content (AvgIpc) is 2.68. The minimum absolute atomic E-state index is 0.915. The lowest BCUT2D eigenvalue weighted by atomic mass is 10.2. The highest BCUT2D eigenvalue weighted by atomic mass is 16.5. The van der Waals surface area contributed by atoms with Crippen molar-refractivity contribution >= 4 is 22.4 Å². The SMILES string of the molecule is COc1cccc(N2CCN(c3ccc4ccccc4[nH+]3)CC2)c1. The summed E-state index contributed by atoms with van der Waals surface area (Å²) in [5, 5.41) is 1.25. The van der Waals surface area contributed by atoms with Gasteiger partial charge in [-0.05, 0) is 24.3 Å². The number of ether oxygens (including phenoxy) is 1. The number of benzene rings is 2. The smallest absolute Gasteiger partial charge is 0.274 e. The van der Waals surface area contributed by atoms with Gasteiger partial charge in [0.05, 0.1) is 20.2 Å². The summed E-state index contributed by atoms with van der Waals surface area (Å²) in [6, 6.07) is 21.1. The van der Waals surface area contributed by atoms with Gasteiger partial charge in [-0.25, -0.2) is 4.98 Å². The number of piperazine rings is 1. The first kappa shape index (κ1) is 14.8. The van der Waals surface area contributed by atoms with Gasteiger partial charge in [-0.3, -0.25) is 4.90 Å². The first-order valence-electron chi connectivity index (χ1n) is 8.38. The van der Waals surface area contributed by atoms with Gasteiger partial charge in [0.1, 0.15) is 24.4 Å². The highest BCUT2D eigenvalue weighted by Crippen LogP contribution is 2.23. The Hall–Kier alpha value is -2.75. The molecule has 0 saturated carbocycles. The van der Waals surface area contributed by atoms with Crippen molar-refractivity contribution in [3.63, 3.8) is 0 Å². The summed E-state index contributed by atoms with van der Waals surface area (Å²) in [5.41, 5.74) is 2.42. The number of fused-ring (bicyclic) bond motifs is 1. The molecular formula is C20H22N3O+. The lowest BCUT2D eigenvalue weighted by molar-refractivity contribution is -0.330. The van der Waals surface area contributed by atoms with Gasteiger partial charge in [-0.2, -0.15) is 0 Å². The lowest BCUT2D eigenvalue weighted by Crippen LogP contribution is -2.48. The number of hydrogen-bond donors (Lipinski definition) is 0. The Morgan fingerprint density at radius 1 is 0.833 bits per heavy atom. The molecule has 0 atom stereocenters. The number of pyridine rings is 1. The van der Waals surface area contributed by atoms with Crippen molar-refractivity contribution in [3.05, 3.63) is 60.7 Å². The fraction of sp³-hybridized carbons (Fsp3) is 0.250. The number of rotatable bonds is 3. The first-order chi connectivity index (χ1) is 11.8. The molecule has 1 aliphatic heterocycles. The summed E-state index contributed by atoms with van der Waals surface area (Å²) < 4.78 is 5.33. The third-order valence-electron chi connectivity index (χ3n) is 4.68. The van der Waals surface area contributed by atoms with Crippen molar-refractivity contribution in [3.8, 4) is 5.75 Å². The second kappa shape index (κ2) is 6.40. The fourth-order valence-electron chi connectivity index (χ4n) is 3.30. The van der Waals surface area contributed by atoms with Gasteiger partial charge in [0, 0.05) is 23.2 Å². The molecule has 1 saturated heterocycles. The largest absolute Gasteiger partial charge is 0.497 e. The zero-order valence-corrected chi connectivity index (χ0v) is 13.9. The maximum absolute atomic E-state index is 5.33. The van der Waals surface area contributed by atoms with Gasteiger partial charge in [-0.1, -0.05) is 24.3 Å². The van der Waals surface area contributed by atoms with Gasteiger partial charge in [0.2, 0.25) is 0 Å². The van der Waals surface area contributed by atoms with Gasteiger partial charge < -0.3 is 9.64 Å². The maximum atomic E-state index is 5.33. The number of aromatic amines is 1. The third-order valence-corrected chi connectivity index (χ3v) is 4.68. The highest BCUT2D eigenvalue weighted by molar-refractivity contribution is 5.76. The topological polar surface area (TPSA) is 29.9 Å². The summed E-state index contributed by atoms with van der Waals surface area (Å²) in [7, 11) is 1.71. The molecule has 3 aromatic rings. The van der Waals surface area contributed by atoms with Crippen LogP contribution in [0.5, 0.6) is 5.75 Å². The molecule has 4 heteroatoms. The van der Waals surface area contributed by atoms with E-state index in [4.69, 9.17) is 4.74 Å². The van der Waals surface area contributed by atoms with Gasteiger partial charge in [0.15, 0.2) is 0 Å². The van der Waals surface area contributed by atoms with Crippen LogP contribution in [0.25, 0.3) is 10.9 Å². The van der Waals surface area contributed by atoms with Crippen LogP contribution in [0.4, 0.5) is 11.5 Å². The third kappa shape index (κ3) is 2.87. The summed E-state index contributed by atoms with van der Waals surface area (Å²) in [6.45, 7) is 4.03. The summed E-state index contributed by atoms with van der Waals surface area (Å²) in [4.78, 5) is 8.39. The number of nitrogens with one attached hydrogen (secondary N) is 1. The molecular weight excluding hydrogens is 298 g/mol. The van der Waals surface area contributed by atoms with E-state index in [0.717, 1.165) is 31.9 Å².